The van der Waals surface area contributed by atoms with Crippen molar-refractivity contribution < 1.29 is 19.4 Å². The summed E-state index contributed by atoms with van der Waals surface area (Å²) < 4.78 is 12.6. The number of hydrogen-bond acceptors (Lipinski definition) is 7. The Hall–Kier alpha value is -3.75. The first-order valence-electron chi connectivity index (χ1n) is 8.16. The Morgan fingerprint density at radius 1 is 1.30 bits per heavy atom. The van der Waals surface area contributed by atoms with Crippen LogP contribution < -0.4 is 20.5 Å². The number of carboxylic acids is 1. The van der Waals surface area contributed by atoms with Crippen LogP contribution in [-0.4, -0.2) is 40.3 Å². The van der Waals surface area contributed by atoms with E-state index >= 15 is 0 Å². The smallest absolute Gasteiger partial charge is 0.341 e. The lowest BCUT2D eigenvalue weighted by molar-refractivity contribution is -0.139. The van der Waals surface area contributed by atoms with Crippen molar-refractivity contribution in [2.45, 2.75) is 6.17 Å². The van der Waals surface area contributed by atoms with Gasteiger partial charge in [-0.25, -0.2) is 14.8 Å². The minimum Gasteiger partial charge on any atom is -0.493 e. The number of nitrogens with two attached hydrogens (primary N) is 1. The predicted octanol–water partition coefficient (Wildman–Crippen LogP) is 1.80. The average Bonchev–Trinajstić information content (AvgIpc) is 3.03. The van der Waals surface area contributed by atoms with Gasteiger partial charge < -0.3 is 20.3 Å². The number of nitrogens with zero attached hydrogens (tertiary/aromatic N) is 3. The van der Waals surface area contributed by atoms with Crippen LogP contribution in [0.1, 0.15) is 11.7 Å². The van der Waals surface area contributed by atoms with E-state index in [1.165, 1.54) is 7.11 Å². The molecule has 0 fully saturated rings. The number of imidazole rings is 1. The molecule has 0 amide bonds. The van der Waals surface area contributed by atoms with Crippen LogP contribution in [0.15, 0.2) is 47.5 Å². The lowest BCUT2D eigenvalue weighted by Crippen LogP contribution is -2.31. The highest BCUT2D eigenvalue weighted by molar-refractivity contribution is 5.94. The number of aliphatic imine (C=N–C) groups is 1. The fourth-order valence-electron chi connectivity index (χ4n) is 3.04. The number of para-hydroxylation sites is 2. The fraction of sp³-hybridized carbons (Fsp3) is 0.167. The van der Waals surface area contributed by atoms with Gasteiger partial charge in [-0.2, -0.15) is 0 Å². The Morgan fingerprint density at radius 3 is 2.89 bits per heavy atom. The van der Waals surface area contributed by atoms with Crippen molar-refractivity contribution in [1.82, 2.24) is 9.55 Å². The van der Waals surface area contributed by atoms with Crippen molar-refractivity contribution in [2.24, 2.45) is 10.7 Å². The van der Waals surface area contributed by atoms with Gasteiger partial charge in [0, 0.05) is 5.56 Å². The molecule has 1 aliphatic rings. The number of rotatable bonds is 5. The normalized spacial score (nSPS) is 15.6. The molecule has 0 spiro atoms. The van der Waals surface area contributed by atoms with Gasteiger partial charge >= 0.3 is 5.97 Å². The topological polar surface area (TPSA) is 124 Å². The van der Waals surface area contributed by atoms with E-state index in [1.54, 1.807) is 18.2 Å². The summed E-state index contributed by atoms with van der Waals surface area (Å²) in [6.07, 6.45) is -0.448. The van der Waals surface area contributed by atoms with E-state index in [4.69, 9.17) is 20.3 Å². The molecule has 9 nitrogen and oxygen atoms in total. The molecule has 1 aromatic heterocycles. The number of aliphatic carboxylic acids is 1. The predicted molar refractivity (Wildman–Crippen MR) is 99.2 cm³/mol. The van der Waals surface area contributed by atoms with Gasteiger partial charge in [0.1, 0.15) is 0 Å². The number of methoxy groups -OCH3 is 1. The summed E-state index contributed by atoms with van der Waals surface area (Å²) in [6.45, 7) is -0.454. The van der Waals surface area contributed by atoms with Gasteiger partial charge in [0.05, 0.1) is 18.1 Å². The Kier molecular flexibility index (Phi) is 4.03. The molecule has 1 unspecified atom stereocenters. The van der Waals surface area contributed by atoms with Gasteiger partial charge in [-0.3, -0.25) is 9.88 Å². The summed E-state index contributed by atoms with van der Waals surface area (Å²) in [5, 5.41) is 11.8. The molecule has 1 atom stereocenters. The van der Waals surface area contributed by atoms with Crippen LogP contribution in [-0.2, 0) is 4.79 Å². The van der Waals surface area contributed by atoms with E-state index in [-0.39, 0.29) is 5.96 Å². The minimum atomic E-state index is -1.06. The van der Waals surface area contributed by atoms with Gasteiger partial charge in [-0.15, -0.1) is 0 Å². The van der Waals surface area contributed by atoms with Gasteiger partial charge in [0.2, 0.25) is 5.95 Å². The van der Waals surface area contributed by atoms with Crippen molar-refractivity contribution in [1.29, 1.82) is 0 Å². The molecule has 2 heterocycles. The molecule has 3 aromatic rings. The molecular formula is C18H17N5O4. The summed E-state index contributed by atoms with van der Waals surface area (Å²) in [7, 11) is 1.49. The van der Waals surface area contributed by atoms with E-state index < -0.39 is 18.7 Å². The lowest BCUT2D eigenvalue weighted by atomic mass is 10.1. The molecule has 0 saturated heterocycles. The number of anilines is 1. The number of carboxylic acid groups (broad SMARTS) is 1. The first kappa shape index (κ1) is 16.7. The number of nitrogens with one attached hydrogen (secondary N) is 1. The molecule has 9 heteroatoms. The lowest BCUT2D eigenvalue weighted by Gasteiger charge is -2.24. The zero-order valence-electron chi connectivity index (χ0n) is 14.4. The van der Waals surface area contributed by atoms with Crippen LogP contribution in [0.4, 0.5) is 5.95 Å². The summed E-state index contributed by atoms with van der Waals surface area (Å²) in [5.41, 5.74) is 8.47. The van der Waals surface area contributed by atoms with Crippen LogP contribution >= 0.6 is 0 Å². The largest absolute Gasteiger partial charge is 0.493 e. The Bertz CT molecular complexity index is 1060. The van der Waals surface area contributed by atoms with Gasteiger partial charge in [-0.05, 0) is 24.3 Å². The van der Waals surface area contributed by atoms with Crippen molar-refractivity contribution >= 4 is 28.9 Å². The van der Waals surface area contributed by atoms with Crippen molar-refractivity contribution in [3.8, 4) is 11.5 Å². The van der Waals surface area contributed by atoms with Crippen molar-refractivity contribution in [3.63, 3.8) is 0 Å². The number of ether oxygens (including phenoxy) is 2. The van der Waals surface area contributed by atoms with E-state index in [0.29, 0.717) is 17.4 Å². The minimum absolute atomic E-state index is 0.257. The maximum atomic E-state index is 10.7. The van der Waals surface area contributed by atoms with Crippen LogP contribution in [0.3, 0.4) is 0 Å². The Labute approximate surface area is 154 Å². The monoisotopic (exact) mass is 367 g/mol. The van der Waals surface area contributed by atoms with Crippen LogP contribution in [0, 0.1) is 0 Å². The Balaban J connectivity index is 1.79. The fourth-order valence-corrected chi connectivity index (χ4v) is 3.04. The number of guanidine groups is 1. The van der Waals surface area contributed by atoms with Gasteiger partial charge in [0.25, 0.3) is 0 Å². The number of carbonyl (C=O) groups is 1. The standard InChI is InChI=1S/C18H17N5O4/c1-26-14-8-10(6-7-13(14)27-9-15(24)25)16-21-17(19)22-18-20-11-4-2-3-5-12(11)23(16)18/h2-8,16H,9H2,1H3,(H,24,25)(H3,19,20,21,22). The molecule has 138 valence electrons. The van der Waals surface area contributed by atoms with Crippen LogP contribution in [0.2, 0.25) is 0 Å². The number of aromatic nitrogens is 2. The molecule has 1 aliphatic heterocycles. The van der Waals surface area contributed by atoms with E-state index in [9.17, 15) is 4.79 Å². The van der Waals surface area contributed by atoms with Crippen LogP contribution in [0.5, 0.6) is 11.5 Å². The number of benzene rings is 2. The molecule has 4 N–H and O–H groups in total. The van der Waals surface area contributed by atoms with Crippen molar-refractivity contribution in [3.05, 3.63) is 48.0 Å². The summed E-state index contributed by atoms with van der Waals surface area (Å²) in [4.78, 5) is 19.8. The molecular weight excluding hydrogens is 350 g/mol. The maximum absolute atomic E-state index is 10.7. The maximum Gasteiger partial charge on any atom is 0.341 e. The highest BCUT2D eigenvalue weighted by Crippen LogP contribution is 2.36. The third kappa shape index (κ3) is 2.99. The molecule has 0 aliphatic carbocycles. The van der Waals surface area contributed by atoms with Gasteiger partial charge in [0.15, 0.2) is 30.2 Å². The molecule has 0 radical (unpaired) electrons. The van der Waals surface area contributed by atoms with E-state index in [1.807, 2.05) is 28.8 Å². The second-order valence-corrected chi connectivity index (χ2v) is 5.90. The second kappa shape index (κ2) is 6.52. The molecule has 27 heavy (non-hydrogen) atoms. The zero-order valence-corrected chi connectivity index (χ0v) is 14.4. The summed E-state index contributed by atoms with van der Waals surface area (Å²) in [5.74, 6) is 0.538. The molecule has 0 saturated carbocycles. The third-order valence-corrected chi connectivity index (χ3v) is 4.18. The molecule has 2 aromatic carbocycles. The first-order chi connectivity index (χ1) is 13.1. The SMILES string of the molecule is COc1cc(C2N=C(N)Nc3nc4ccccc4n32)ccc1OCC(=O)O. The highest BCUT2D eigenvalue weighted by atomic mass is 16.5. The summed E-state index contributed by atoms with van der Waals surface area (Å²) in [6, 6.07) is 12.9. The van der Waals surface area contributed by atoms with E-state index in [0.717, 1.165) is 16.6 Å². The highest BCUT2D eigenvalue weighted by Gasteiger charge is 2.26. The first-order valence-corrected chi connectivity index (χ1v) is 8.16. The van der Waals surface area contributed by atoms with Crippen LogP contribution in [0.25, 0.3) is 11.0 Å². The zero-order chi connectivity index (χ0) is 19.0. The summed E-state index contributed by atoms with van der Waals surface area (Å²) >= 11 is 0. The number of fused-ring (bicyclic) bond motifs is 3. The van der Waals surface area contributed by atoms with Gasteiger partial charge in [-0.1, -0.05) is 18.2 Å². The quantitative estimate of drug-likeness (QED) is 0.628. The second-order valence-electron chi connectivity index (χ2n) is 5.90. The number of hydrogen-bond donors (Lipinski definition) is 3. The molecule has 0 bridgehead atoms. The van der Waals surface area contributed by atoms with Crippen molar-refractivity contribution in [2.75, 3.05) is 19.0 Å². The average molecular weight is 367 g/mol. The van der Waals surface area contributed by atoms with E-state index in [2.05, 4.69) is 15.3 Å². The molecule has 4 rings (SSSR count). The Morgan fingerprint density at radius 2 is 2.11 bits per heavy atom. The third-order valence-electron chi connectivity index (χ3n) is 4.18.